The second-order valence-electron chi connectivity index (χ2n) is 3.21. The summed E-state index contributed by atoms with van der Waals surface area (Å²) in [7, 11) is -1.64. The van der Waals surface area contributed by atoms with Gasteiger partial charge in [-0.15, -0.1) is 0 Å². The zero-order valence-corrected chi connectivity index (χ0v) is 8.28. The largest absolute Gasteiger partial charge is 0.489 e. The van der Waals surface area contributed by atoms with E-state index in [-0.39, 0.29) is 11.0 Å². The van der Waals surface area contributed by atoms with Crippen LogP contribution in [0.3, 0.4) is 0 Å². The Morgan fingerprint density at radius 2 is 2.19 bits per heavy atom. The number of rotatable bonds is 2. The third-order valence-corrected chi connectivity index (χ3v) is 2.20. The molecule has 5 nitrogen and oxygen atoms in total. The van der Waals surface area contributed by atoms with Crippen molar-refractivity contribution in [2.24, 2.45) is 0 Å². The van der Waals surface area contributed by atoms with Crippen molar-refractivity contribution < 1.29 is 10.0 Å². The molecule has 2 aromatic rings. The molecule has 0 saturated carbocycles. The minimum absolute atomic E-state index is 0.193. The lowest BCUT2D eigenvalue weighted by Gasteiger charge is -2.05. The van der Waals surface area contributed by atoms with Crippen molar-refractivity contribution in [2.75, 3.05) is 0 Å². The third kappa shape index (κ3) is 1.82. The van der Waals surface area contributed by atoms with Crippen LogP contribution in [0.4, 0.5) is 0 Å². The molecule has 0 amide bonds. The molecule has 0 atom stereocenters. The highest BCUT2D eigenvalue weighted by molar-refractivity contribution is 6.59. The molecule has 2 rings (SSSR count). The molecule has 0 spiro atoms. The Morgan fingerprint density at radius 3 is 2.75 bits per heavy atom. The molecule has 2 N–H and O–H groups in total. The van der Waals surface area contributed by atoms with Crippen molar-refractivity contribution in [2.45, 2.75) is 0 Å². The van der Waals surface area contributed by atoms with Crippen LogP contribution in [0.1, 0.15) is 5.56 Å². The van der Waals surface area contributed by atoms with Gasteiger partial charge in [0.2, 0.25) is 0 Å². The predicted octanol–water partition coefficient (Wildman–Crippen LogP) is -0.576. The van der Waals surface area contributed by atoms with E-state index in [2.05, 4.69) is 5.10 Å². The van der Waals surface area contributed by atoms with Crippen LogP contribution in [0, 0.1) is 11.3 Å². The summed E-state index contributed by atoms with van der Waals surface area (Å²) in [4.78, 5) is 0. The van der Waals surface area contributed by atoms with Gasteiger partial charge in [0, 0.05) is 12.4 Å². The lowest BCUT2D eigenvalue weighted by atomic mass is 9.77. The summed E-state index contributed by atoms with van der Waals surface area (Å²) < 4.78 is 1.59. The summed E-state index contributed by atoms with van der Waals surface area (Å²) in [6.07, 6.45) is 3.37. The van der Waals surface area contributed by atoms with Crippen molar-refractivity contribution >= 4 is 12.6 Å². The monoisotopic (exact) mass is 213 g/mol. The van der Waals surface area contributed by atoms with Crippen LogP contribution in [0.5, 0.6) is 0 Å². The van der Waals surface area contributed by atoms with E-state index in [0.717, 1.165) is 0 Å². The van der Waals surface area contributed by atoms with Crippen LogP contribution in [0.2, 0.25) is 0 Å². The van der Waals surface area contributed by atoms with E-state index < -0.39 is 7.12 Å². The molecule has 0 fully saturated rings. The number of aromatic nitrogens is 2. The van der Waals surface area contributed by atoms with Gasteiger partial charge in [-0.1, -0.05) is 6.07 Å². The molecule has 0 radical (unpaired) electrons. The van der Waals surface area contributed by atoms with Crippen LogP contribution >= 0.6 is 0 Å². The molecule has 0 aliphatic rings. The maximum absolute atomic E-state index is 9.04. The average molecular weight is 213 g/mol. The molecule has 0 bridgehead atoms. The highest BCUT2D eigenvalue weighted by Gasteiger charge is 2.16. The first kappa shape index (κ1) is 10.4. The number of hydrogen-bond donors (Lipinski definition) is 2. The second-order valence-corrected chi connectivity index (χ2v) is 3.21. The molecule has 0 aliphatic carbocycles. The normalized spacial score (nSPS) is 9.81. The van der Waals surface area contributed by atoms with Gasteiger partial charge in [-0.25, -0.2) is 4.68 Å². The highest BCUT2D eigenvalue weighted by Crippen LogP contribution is 2.07. The zero-order chi connectivity index (χ0) is 11.5. The zero-order valence-electron chi connectivity index (χ0n) is 8.28. The van der Waals surface area contributed by atoms with Gasteiger partial charge in [-0.2, -0.15) is 10.4 Å². The Labute approximate surface area is 92.3 Å². The number of hydrogen-bond acceptors (Lipinski definition) is 4. The summed E-state index contributed by atoms with van der Waals surface area (Å²) in [6.45, 7) is 0. The molecule has 0 saturated heterocycles. The number of nitrogens with zero attached hydrogens (tertiary/aromatic N) is 3. The summed E-state index contributed by atoms with van der Waals surface area (Å²) in [5, 5.41) is 31.0. The second kappa shape index (κ2) is 4.19. The Morgan fingerprint density at radius 1 is 1.38 bits per heavy atom. The third-order valence-electron chi connectivity index (χ3n) is 2.20. The fourth-order valence-electron chi connectivity index (χ4n) is 1.43. The molecule has 6 heteroatoms. The van der Waals surface area contributed by atoms with E-state index in [1.165, 1.54) is 6.07 Å². The van der Waals surface area contributed by atoms with E-state index in [0.29, 0.717) is 5.69 Å². The molecular formula is C10H8BN3O2. The van der Waals surface area contributed by atoms with E-state index in [9.17, 15) is 0 Å². The van der Waals surface area contributed by atoms with Crippen molar-refractivity contribution in [1.82, 2.24) is 9.78 Å². The SMILES string of the molecule is N#Cc1cc(-n2cccn2)ccc1B(O)O. The minimum Gasteiger partial charge on any atom is -0.423 e. The van der Waals surface area contributed by atoms with Gasteiger partial charge in [0.15, 0.2) is 0 Å². The molecule has 1 aromatic carbocycles. The van der Waals surface area contributed by atoms with Gasteiger partial charge in [0.1, 0.15) is 0 Å². The molecular weight excluding hydrogens is 205 g/mol. The van der Waals surface area contributed by atoms with Gasteiger partial charge in [0.05, 0.1) is 17.3 Å². The van der Waals surface area contributed by atoms with Crippen LogP contribution in [-0.4, -0.2) is 26.9 Å². The van der Waals surface area contributed by atoms with E-state index in [1.54, 1.807) is 35.3 Å². The molecule has 16 heavy (non-hydrogen) atoms. The fourth-order valence-corrected chi connectivity index (χ4v) is 1.43. The smallest absolute Gasteiger partial charge is 0.423 e. The fraction of sp³-hybridized carbons (Fsp3) is 0. The predicted molar refractivity (Wildman–Crippen MR) is 58.1 cm³/mol. The van der Waals surface area contributed by atoms with Gasteiger partial charge in [0.25, 0.3) is 0 Å². The lowest BCUT2D eigenvalue weighted by Crippen LogP contribution is -2.32. The molecule has 1 aromatic heterocycles. The standard InChI is InChI=1S/C10H8BN3O2/c12-7-8-6-9(14-5-1-4-13-14)2-3-10(8)11(15)16/h1-6,15-16H. The Hall–Kier alpha value is -2.10. The van der Waals surface area contributed by atoms with Crippen molar-refractivity contribution in [3.63, 3.8) is 0 Å². The summed E-state index contributed by atoms with van der Waals surface area (Å²) in [6, 6.07) is 8.41. The Bertz CT molecular complexity index is 531. The maximum Gasteiger partial charge on any atom is 0.489 e. The van der Waals surface area contributed by atoms with Crippen LogP contribution in [-0.2, 0) is 0 Å². The number of nitriles is 1. The Kier molecular flexibility index (Phi) is 2.73. The van der Waals surface area contributed by atoms with E-state index >= 15 is 0 Å². The van der Waals surface area contributed by atoms with Gasteiger partial charge < -0.3 is 10.0 Å². The van der Waals surface area contributed by atoms with E-state index in [1.807, 2.05) is 6.07 Å². The van der Waals surface area contributed by atoms with Gasteiger partial charge in [-0.05, 0) is 23.7 Å². The quantitative estimate of drug-likeness (QED) is 0.654. The minimum atomic E-state index is -1.64. The maximum atomic E-state index is 9.04. The van der Waals surface area contributed by atoms with Gasteiger partial charge in [-0.3, -0.25) is 0 Å². The number of benzene rings is 1. The average Bonchev–Trinajstić information content (AvgIpc) is 2.81. The van der Waals surface area contributed by atoms with Crippen molar-refractivity contribution in [1.29, 1.82) is 5.26 Å². The Balaban J connectivity index is 2.50. The van der Waals surface area contributed by atoms with Gasteiger partial charge >= 0.3 is 7.12 Å². The van der Waals surface area contributed by atoms with Crippen LogP contribution in [0.15, 0.2) is 36.7 Å². The first-order chi connectivity index (χ1) is 7.72. The lowest BCUT2D eigenvalue weighted by molar-refractivity contribution is 0.425. The van der Waals surface area contributed by atoms with E-state index in [4.69, 9.17) is 15.3 Å². The van der Waals surface area contributed by atoms with Crippen molar-refractivity contribution in [3.05, 3.63) is 42.2 Å². The summed E-state index contributed by atoms with van der Waals surface area (Å²) in [5.74, 6) is 0. The molecule has 1 heterocycles. The first-order valence-electron chi connectivity index (χ1n) is 4.62. The highest BCUT2D eigenvalue weighted by atomic mass is 16.4. The summed E-state index contributed by atoms with van der Waals surface area (Å²) >= 11 is 0. The molecule has 0 unspecified atom stereocenters. The first-order valence-corrected chi connectivity index (χ1v) is 4.62. The van der Waals surface area contributed by atoms with Crippen molar-refractivity contribution in [3.8, 4) is 11.8 Å². The van der Waals surface area contributed by atoms with Crippen LogP contribution in [0.25, 0.3) is 5.69 Å². The van der Waals surface area contributed by atoms with Crippen LogP contribution < -0.4 is 5.46 Å². The summed E-state index contributed by atoms with van der Waals surface area (Å²) in [5.41, 5.74) is 1.12. The molecule has 78 valence electrons. The topological polar surface area (TPSA) is 82.1 Å². The molecule has 0 aliphatic heterocycles.